The summed E-state index contributed by atoms with van der Waals surface area (Å²) in [5, 5.41) is 0. The maximum absolute atomic E-state index is 12.7. The van der Waals surface area contributed by atoms with Crippen LogP contribution in [0, 0.1) is 16.2 Å². The zero-order valence-electron chi connectivity index (χ0n) is 18.7. The Morgan fingerprint density at radius 3 is 1.16 bits per heavy atom. The van der Waals surface area contributed by atoms with Crippen LogP contribution in [0.25, 0.3) is 0 Å². The predicted octanol–water partition coefficient (Wildman–Crippen LogP) is 3.10. The molecule has 4 rings (SSSR count). The SMILES string of the molecule is CC1(C)OC(=O)C(C)(C2=CC3(C=C(C4(C)C(=O)OC(C)(C)OC4=O)CC3)CC2)C(=O)O1. The largest absolute Gasteiger partial charge is 0.422 e. The van der Waals surface area contributed by atoms with Crippen LogP contribution >= 0.6 is 0 Å². The average molecular weight is 432 g/mol. The van der Waals surface area contributed by atoms with E-state index < -0.39 is 51.7 Å². The molecule has 2 aliphatic carbocycles. The van der Waals surface area contributed by atoms with E-state index in [0.29, 0.717) is 36.8 Å². The van der Waals surface area contributed by atoms with Crippen molar-refractivity contribution in [2.75, 3.05) is 0 Å². The molecule has 0 aromatic carbocycles. The van der Waals surface area contributed by atoms with Crippen molar-refractivity contribution in [1.29, 1.82) is 0 Å². The highest BCUT2D eigenvalue weighted by Crippen LogP contribution is 2.55. The van der Waals surface area contributed by atoms with Gasteiger partial charge in [-0.15, -0.1) is 0 Å². The molecule has 8 nitrogen and oxygen atoms in total. The minimum absolute atomic E-state index is 0.461. The number of hydrogen-bond acceptors (Lipinski definition) is 8. The van der Waals surface area contributed by atoms with Gasteiger partial charge in [0.2, 0.25) is 0 Å². The zero-order chi connectivity index (χ0) is 23.0. The highest BCUT2D eigenvalue weighted by Gasteiger charge is 2.59. The van der Waals surface area contributed by atoms with Crippen molar-refractivity contribution in [2.45, 2.75) is 78.8 Å². The topological polar surface area (TPSA) is 105 Å². The number of cyclic esters (lactones) is 4. The van der Waals surface area contributed by atoms with E-state index in [0.717, 1.165) is 0 Å². The number of esters is 4. The molecule has 0 atom stereocenters. The molecule has 2 fully saturated rings. The second-order valence-corrected chi connectivity index (χ2v) is 10.2. The third-order valence-corrected chi connectivity index (χ3v) is 6.91. The van der Waals surface area contributed by atoms with Crippen LogP contribution in [0.4, 0.5) is 0 Å². The van der Waals surface area contributed by atoms with Gasteiger partial charge < -0.3 is 18.9 Å². The molecule has 0 bridgehead atoms. The molecule has 1 spiro atoms. The summed E-state index contributed by atoms with van der Waals surface area (Å²) in [4.78, 5) is 51.0. The quantitative estimate of drug-likeness (QED) is 0.372. The van der Waals surface area contributed by atoms with Gasteiger partial charge in [-0.2, -0.15) is 0 Å². The van der Waals surface area contributed by atoms with Crippen molar-refractivity contribution in [1.82, 2.24) is 0 Å². The van der Waals surface area contributed by atoms with Gasteiger partial charge in [-0.05, 0) is 50.7 Å². The summed E-state index contributed by atoms with van der Waals surface area (Å²) in [5.74, 6) is -5.12. The van der Waals surface area contributed by atoms with Crippen molar-refractivity contribution in [3.05, 3.63) is 23.3 Å². The summed E-state index contributed by atoms with van der Waals surface area (Å²) in [6.07, 6.45) is 6.13. The summed E-state index contributed by atoms with van der Waals surface area (Å²) >= 11 is 0. The Morgan fingerprint density at radius 2 is 0.871 bits per heavy atom. The van der Waals surface area contributed by atoms with E-state index in [-0.39, 0.29) is 0 Å². The van der Waals surface area contributed by atoms with Gasteiger partial charge in [-0.25, -0.2) is 0 Å². The Bertz CT molecular complexity index is 846. The van der Waals surface area contributed by atoms with Crippen molar-refractivity contribution >= 4 is 23.9 Å². The first-order valence-electron chi connectivity index (χ1n) is 10.5. The zero-order valence-corrected chi connectivity index (χ0v) is 18.7. The van der Waals surface area contributed by atoms with Gasteiger partial charge in [-0.1, -0.05) is 12.2 Å². The molecule has 31 heavy (non-hydrogen) atoms. The van der Waals surface area contributed by atoms with Crippen molar-refractivity contribution in [3.63, 3.8) is 0 Å². The Hall–Kier alpha value is -2.64. The van der Waals surface area contributed by atoms with Crippen LogP contribution in [0.5, 0.6) is 0 Å². The number of hydrogen-bond donors (Lipinski definition) is 0. The third kappa shape index (κ3) is 3.10. The van der Waals surface area contributed by atoms with Crippen LogP contribution in [0.1, 0.15) is 67.2 Å². The molecule has 2 aliphatic heterocycles. The van der Waals surface area contributed by atoms with Crippen molar-refractivity contribution < 1.29 is 38.1 Å². The van der Waals surface area contributed by atoms with E-state index >= 15 is 0 Å². The Labute approximate surface area is 180 Å². The number of carbonyl (C=O) groups excluding carboxylic acids is 4. The van der Waals surface area contributed by atoms with Gasteiger partial charge in [0.15, 0.2) is 10.8 Å². The van der Waals surface area contributed by atoms with E-state index in [4.69, 9.17) is 18.9 Å². The maximum Gasteiger partial charge on any atom is 0.330 e. The molecule has 2 heterocycles. The van der Waals surface area contributed by atoms with E-state index in [1.54, 1.807) is 0 Å². The number of carbonyl (C=O) groups is 4. The molecule has 0 aromatic rings. The monoisotopic (exact) mass is 432 g/mol. The lowest BCUT2D eigenvalue weighted by molar-refractivity contribution is -0.248. The molecule has 8 heteroatoms. The van der Waals surface area contributed by atoms with Crippen LogP contribution < -0.4 is 0 Å². The summed E-state index contributed by atoms with van der Waals surface area (Å²) in [6, 6.07) is 0. The predicted molar refractivity (Wildman–Crippen MR) is 106 cm³/mol. The lowest BCUT2D eigenvalue weighted by Crippen LogP contribution is -2.53. The summed E-state index contributed by atoms with van der Waals surface area (Å²) < 4.78 is 21.4. The number of rotatable bonds is 2. The molecule has 0 N–H and O–H groups in total. The van der Waals surface area contributed by atoms with Crippen molar-refractivity contribution in [3.8, 4) is 0 Å². The van der Waals surface area contributed by atoms with Gasteiger partial charge in [0.25, 0.3) is 11.6 Å². The summed E-state index contributed by atoms with van der Waals surface area (Å²) in [5.41, 5.74) is -2.21. The first-order valence-corrected chi connectivity index (χ1v) is 10.5. The maximum atomic E-state index is 12.7. The Morgan fingerprint density at radius 1 is 0.581 bits per heavy atom. The first kappa shape index (κ1) is 21.6. The summed E-state index contributed by atoms with van der Waals surface area (Å²) in [6.45, 7) is 9.12. The molecule has 168 valence electrons. The van der Waals surface area contributed by atoms with Gasteiger partial charge in [0.05, 0.1) is 0 Å². The minimum Gasteiger partial charge on any atom is -0.422 e. The van der Waals surface area contributed by atoms with Gasteiger partial charge in [-0.3, -0.25) is 19.2 Å². The molecular formula is C23H28O8. The second-order valence-electron chi connectivity index (χ2n) is 10.2. The average Bonchev–Trinajstić information content (AvgIpc) is 3.24. The molecule has 0 radical (unpaired) electrons. The van der Waals surface area contributed by atoms with Gasteiger partial charge in [0.1, 0.15) is 0 Å². The van der Waals surface area contributed by atoms with E-state index in [1.165, 1.54) is 41.5 Å². The van der Waals surface area contributed by atoms with E-state index in [1.807, 2.05) is 12.2 Å². The van der Waals surface area contributed by atoms with Crippen LogP contribution in [0.15, 0.2) is 23.3 Å². The van der Waals surface area contributed by atoms with Gasteiger partial charge >= 0.3 is 23.9 Å². The normalized spacial score (nSPS) is 29.5. The molecule has 0 amide bonds. The Balaban J connectivity index is 1.66. The smallest absolute Gasteiger partial charge is 0.330 e. The fraction of sp³-hybridized carbons (Fsp3) is 0.652. The lowest BCUT2D eigenvalue weighted by atomic mass is 9.80. The van der Waals surface area contributed by atoms with Crippen LogP contribution in [0.2, 0.25) is 0 Å². The van der Waals surface area contributed by atoms with Crippen LogP contribution in [0.3, 0.4) is 0 Å². The van der Waals surface area contributed by atoms with Crippen molar-refractivity contribution in [2.24, 2.45) is 16.2 Å². The third-order valence-electron chi connectivity index (χ3n) is 6.91. The van der Waals surface area contributed by atoms with E-state index in [9.17, 15) is 19.2 Å². The fourth-order valence-electron chi connectivity index (χ4n) is 4.85. The highest BCUT2D eigenvalue weighted by atomic mass is 16.8. The Kier molecular flexibility index (Phi) is 4.32. The molecule has 4 aliphatic rings. The molecular weight excluding hydrogens is 404 g/mol. The van der Waals surface area contributed by atoms with Gasteiger partial charge in [0, 0.05) is 33.1 Å². The van der Waals surface area contributed by atoms with Crippen LogP contribution in [-0.2, 0) is 38.1 Å². The number of ether oxygens (including phenoxy) is 4. The second kappa shape index (κ2) is 6.20. The standard InChI is InChI=1S/C23H28O8/c1-19(2)28-15(24)21(5,16(25)29-19)13-7-9-23(11-13)10-8-14(12-23)22(6)17(26)30-20(3,4)31-18(22)27/h11-12H,7-10H2,1-6H3. The molecule has 0 unspecified atom stereocenters. The molecule has 0 saturated carbocycles. The fourth-order valence-corrected chi connectivity index (χ4v) is 4.85. The molecule has 2 saturated heterocycles. The highest BCUT2D eigenvalue weighted by molar-refractivity contribution is 6.05. The van der Waals surface area contributed by atoms with Crippen LogP contribution in [-0.4, -0.2) is 35.5 Å². The van der Waals surface area contributed by atoms with E-state index in [2.05, 4.69) is 0 Å². The number of allylic oxidation sites excluding steroid dienone is 2. The minimum atomic E-state index is -1.51. The lowest BCUT2D eigenvalue weighted by Gasteiger charge is -2.39. The first-order chi connectivity index (χ1) is 14.1. The molecule has 0 aromatic heterocycles. The summed E-state index contributed by atoms with van der Waals surface area (Å²) in [7, 11) is 0.